The number of rotatable bonds is 8. The summed E-state index contributed by atoms with van der Waals surface area (Å²) in [4.78, 5) is 16.8. The van der Waals surface area contributed by atoms with Crippen molar-refractivity contribution >= 4 is 33.2 Å². The lowest BCUT2D eigenvalue weighted by Gasteiger charge is -2.21. The second kappa shape index (κ2) is 9.99. The number of hydrogen-bond donors (Lipinski definition) is 1. The van der Waals surface area contributed by atoms with E-state index in [4.69, 9.17) is 16.0 Å². The van der Waals surface area contributed by atoms with Crippen molar-refractivity contribution in [3.8, 4) is 11.1 Å². The van der Waals surface area contributed by atoms with E-state index in [-0.39, 0.29) is 16.6 Å². The molecular formula is C24H20ClN3O4S. The number of hydrogen-bond acceptors (Lipinski definition) is 5. The minimum Gasteiger partial charge on any atom is -0.468 e. The van der Waals surface area contributed by atoms with Crippen LogP contribution in [-0.2, 0) is 21.4 Å². The molecule has 168 valence electrons. The molecule has 0 unspecified atom stereocenters. The highest BCUT2D eigenvalue weighted by Crippen LogP contribution is 2.28. The van der Waals surface area contributed by atoms with Gasteiger partial charge in [0.2, 0.25) is 15.9 Å². The van der Waals surface area contributed by atoms with Gasteiger partial charge in [-0.05, 0) is 35.9 Å². The van der Waals surface area contributed by atoms with Crippen LogP contribution in [0.3, 0.4) is 0 Å². The van der Waals surface area contributed by atoms with E-state index in [1.165, 1.54) is 18.4 Å². The number of halogens is 1. The fraction of sp³-hybridized carbons (Fsp3) is 0.0833. The zero-order valence-corrected chi connectivity index (χ0v) is 19.0. The second-order valence-corrected chi connectivity index (χ2v) is 9.45. The Balaban J connectivity index is 1.60. The molecule has 0 bridgehead atoms. The van der Waals surface area contributed by atoms with Crippen molar-refractivity contribution in [3.63, 3.8) is 0 Å². The molecule has 9 heteroatoms. The first-order valence-electron chi connectivity index (χ1n) is 10.0. The van der Waals surface area contributed by atoms with E-state index in [0.29, 0.717) is 11.4 Å². The first kappa shape index (κ1) is 22.7. The van der Waals surface area contributed by atoms with E-state index < -0.39 is 22.5 Å². The zero-order chi connectivity index (χ0) is 23.3. The van der Waals surface area contributed by atoms with Gasteiger partial charge in [-0.15, -0.1) is 0 Å². The maximum absolute atomic E-state index is 13.3. The molecule has 0 aliphatic carbocycles. The quantitative estimate of drug-likeness (QED) is 0.364. The van der Waals surface area contributed by atoms with Crippen LogP contribution in [0.5, 0.6) is 0 Å². The number of amides is 1. The Morgan fingerprint density at radius 1 is 0.970 bits per heavy atom. The topological polar surface area (TPSA) is 92.5 Å². The Bertz CT molecular complexity index is 1330. The largest absolute Gasteiger partial charge is 0.468 e. The number of aromatic nitrogens is 1. The van der Waals surface area contributed by atoms with E-state index in [0.717, 1.165) is 21.6 Å². The van der Waals surface area contributed by atoms with Gasteiger partial charge < -0.3 is 9.73 Å². The molecule has 7 nitrogen and oxygen atoms in total. The summed E-state index contributed by atoms with van der Waals surface area (Å²) in [5.41, 5.74) is 2.34. The molecule has 0 atom stereocenters. The molecule has 2 heterocycles. The number of carbonyl (C=O) groups is 1. The van der Waals surface area contributed by atoms with Crippen molar-refractivity contribution in [2.75, 3.05) is 11.9 Å². The lowest BCUT2D eigenvalue weighted by Crippen LogP contribution is -2.37. The number of benzene rings is 2. The number of nitrogens with one attached hydrogen (secondary N) is 1. The van der Waals surface area contributed by atoms with E-state index in [2.05, 4.69) is 10.3 Å². The van der Waals surface area contributed by atoms with E-state index in [1.807, 2.05) is 42.5 Å². The zero-order valence-electron chi connectivity index (χ0n) is 17.4. The molecule has 1 N–H and O–H groups in total. The highest BCUT2D eigenvalue weighted by molar-refractivity contribution is 7.89. The highest BCUT2D eigenvalue weighted by Gasteiger charge is 2.28. The summed E-state index contributed by atoms with van der Waals surface area (Å²) >= 11 is 5.80. The normalized spacial score (nSPS) is 11.5. The Labute approximate surface area is 196 Å². The summed E-state index contributed by atoms with van der Waals surface area (Å²) in [5.74, 6) is -0.0894. The summed E-state index contributed by atoms with van der Waals surface area (Å²) in [6.45, 7) is -0.541. The molecule has 0 aliphatic heterocycles. The van der Waals surface area contributed by atoms with Crippen LogP contribution in [0.4, 0.5) is 5.69 Å². The summed E-state index contributed by atoms with van der Waals surface area (Å²) in [6, 6.07) is 23.0. The van der Waals surface area contributed by atoms with Gasteiger partial charge in [0.25, 0.3) is 0 Å². The van der Waals surface area contributed by atoms with Crippen LogP contribution in [0, 0.1) is 0 Å². The molecule has 4 rings (SSSR count). The van der Waals surface area contributed by atoms with Crippen molar-refractivity contribution in [3.05, 3.63) is 102 Å². The summed E-state index contributed by atoms with van der Waals surface area (Å²) < 4.78 is 32.9. The van der Waals surface area contributed by atoms with Gasteiger partial charge in [0.1, 0.15) is 15.8 Å². The first-order valence-corrected chi connectivity index (χ1v) is 11.8. The lowest BCUT2D eigenvalue weighted by atomic mass is 10.0. The van der Waals surface area contributed by atoms with Gasteiger partial charge in [0.05, 0.1) is 19.4 Å². The van der Waals surface area contributed by atoms with Gasteiger partial charge in [-0.1, -0.05) is 60.1 Å². The van der Waals surface area contributed by atoms with Gasteiger partial charge in [0, 0.05) is 17.4 Å². The van der Waals surface area contributed by atoms with Crippen LogP contribution in [0.2, 0.25) is 5.15 Å². The third-order valence-corrected chi connectivity index (χ3v) is 6.86. The van der Waals surface area contributed by atoms with E-state index >= 15 is 0 Å². The third kappa shape index (κ3) is 5.48. The number of carbonyl (C=O) groups excluding carboxylic acids is 1. The molecule has 0 saturated carbocycles. The molecule has 0 radical (unpaired) electrons. The van der Waals surface area contributed by atoms with Crippen LogP contribution >= 0.6 is 11.6 Å². The van der Waals surface area contributed by atoms with Gasteiger partial charge in [0.15, 0.2) is 0 Å². The predicted molar refractivity (Wildman–Crippen MR) is 126 cm³/mol. The SMILES string of the molecule is O=C(CN(Cc1ccco1)S(=O)(=O)c1ccc(Cl)nc1)Nc1ccccc1-c1ccccc1. The Morgan fingerprint density at radius 3 is 2.42 bits per heavy atom. The molecule has 1 amide bonds. The van der Waals surface area contributed by atoms with Gasteiger partial charge in [-0.3, -0.25) is 4.79 Å². The standard InChI is InChI=1S/C24H20ClN3O4S/c25-23-13-12-20(15-26-23)33(30,31)28(16-19-9-6-14-32-19)17-24(29)27-22-11-5-4-10-21(22)18-7-2-1-3-8-18/h1-15H,16-17H2,(H,27,29). The van der Waals surface area contributed by atoms with Crippen molar-refractivity contribution in [2.45, 2.75) is 11.4 Å². The molecule has 0 fully saturated rings. The number of furan rings is 1. The molecule has 0 saturated heterocycles. The minimum absolute atomic E-state index is 0.0732. The molecular weight excluding hydrogens is 462 g/mol. The summed E-state index contributed by atoms with van der Waals surface area (Å²) in [7, 11) is -4.05. The highest BCUT2D eigenvalue weighted by atomic mass is 35.5. The Hall–Kier alpha value is -3.46. The van der Waals surface area contributed by atoms with Gasteiger partial charge >= 0.3 is 0 Å². The predicted octanol–water partition coefficient (Wildman–Crippen LogP) is 4.82. The molecule has 33 heavy (non-hydrogen) atoms. The van der Waals surface area contributed by atoms with Crippen LogP contribution in [0.1, 0.15) is 5.76 Å². The summed E-state index contributed by atoms with van der Waals surface area (Å²) in [5, 5.41) is 3.01. The number of anilines is 1. The second-order valence-electron chi connectivity index (χ2n) is 7.13. The number of pyridine rings is 1. The fourth-order valence-electron chi connectivity index (χ4n) is 3.28. The molecule has 2 aromatic carbocycles. The average molecular weight is 482 g/mol. The van der Waals surface area contributed by atoms with E-state index in [9.17, 15) is 13.2 Å². The number of nitrogens with zero attached hydrogens (tertiary/aromatic N) is 2. The van der Waals surface area contributed by atoms with Crippen molar-refractivity contribution in [1.29, 1.82) is 0 Å². The molecule has 0 spiro atoms. The van der Waals surface area contributed by atoms with E-state index in [1.54, 1.807) is 24.3 Å². The first-order chi connectivity index (χ1) is 15.9. The van der Waals surface area contributed by atoms with Crippen molar-refractivity contribution in [2.24, 2.45) is 0 Å². The maximum Gasteiger partial charge on any atom is 0.245 e. The molecule has 2 aromatic heterocycles. The minimum atomic E-state index is -4.05. The lowest BCUT2D eigenvalue weighted by molar-refractivity contribution is -0.116. The van der Waals surface area contributed by atoms with Crippen molar-refractivity contribution < 1.29 is 17.6 Å². The fourth-order valence-corrected chi connectivity index (χ4v) is 4.70. The number of para-hydroxylation sites is 1. The van der Waals surface area contributed by atoms with Crippen LogP contribution < -0.4 is 5.32 Å². The smallest absolute Gasteiger partial charge is 0.245 e. The number of sulfonamides is 1. The monoisotopic (exact) mass is 481 g/mol. The van der Waals surface area contributed by atoms with Gasteiger partial charge in [-0.2, -0.15) is 4.31 Å². The maximum atomic E-state index is 13.3. The van der Waals surface area contributed by atoms with Crippen LogP contribution in [-0.4, -0.2) is 30.2 Å². The van der Waals surface area contributed by atoms with Gasteiger partial charge in [-0.25, -0.2) is 13.4 Å². The third-order valence-electron chi connectivity index (χ3n) is 4.86. The van der Waals surface area contributed by atoms with Crippen molar-refractivity contribution in [1.82, 2.24) is 9.29 Å². The average Bonchev–Trinajstić information content (AvgIpc) is 3.33. The van der Waals surface area contributed by atoms with Crippen LogP contribution in [0.15, 0.2) is 101 Å². The van der Waals surface area contributed by atoms with Crippen LogP contribution in [0.25, 0.3) is 11.1 Å². The molecule has 4 aromatic rings. The summed E-state index contributed by atoms with van der Waals surface area (Å²) in [6.07, 6.45) is 2.61. The Kier molecular flexibility index (Phi) is 6.88. The molecule has 0 aliphatic rings. The Morgan fingerprint density at radius 2 is 1.73 bits per heavy atom.